The largest absolute Gasteiger partial charge is 0.454 e. The quantitative estimate of drug-likeness (QED) is 0.724. The van der Waals surface area contributed by atoms with E-state index < -0.39 is 10.0 Å². The van der Waals surface area contributed by atoms with Crippen molar-refractivity contribution >= 4 is 27.3 Å². The maximum atomic E-state index is 13.0. The Labute approximate surface area is 180 Å². The first-order valence-corrected chi connectivity index (χ1v) is 12.1. The van der Waals surface area contributed by atoms with Crippen LogP contribution in [0.25, 0.3) is 0 Å². The lowest BCUT2D eigenvalue weighted by Crippen LogP contribution is -2.48. The summed E-state index contributed by atoms with van der Waals surface area (Å²) in [5, 5.41) is 2.79. The predicted octanol–water partition coefficient (Wildman–Crippen LogP) is 2.18. The van der Waals surface area contributed by atoms with E-state index in [1.54, 1.807) is 16.4 Å². The van der Waals surface area contributed by atoms with Crippen LogP contribution in [0.2, 0.25) is 0 Å². The molecule has 1 aromatic heterocycles. The topological polar surface area (TPSA) is 88.2 Å². The second kappa shape index (κ2) is 8.54. The zero-order valence-electron chi connectivity index (χ0n) is 17.0. The van der Waals surface area contributed by atoms with Gasteiger partial charge in [-0.15, -0.1) is 11.3 Å². The summed E-state index contributed by atoms with van der Waals surface area (Å²) >= 11 is 1.21. The molecule has 162 valence electrons. The van der Waals surface area contributed by atoms with Crippen molar-refractivity contribution in [2.45, 2.75) is 30.6 Å². The van der Waals surface area contributed by atoms with E-state index in [2.05, 4.69) is 10.2 Å². The maximum Gasteiger partial charge on any atom is 0.252 e. The molecule has 0 radical (unpaired) electrons. The number of carbonyl (C=O) groups excluding carboxylic acids is 1. The summed E-state index contributed by atoms with van der Waals surface area (Å²) in [7, 11) is -3.53. The minimum absolute atomic E-state index is 0.140. The Balaban J connectivity index is 1.36. The van der Waals surface area contributed by atoms with Crippen LogP contribution < -0.4 is 14.8 Å². The lowest BCUT2D eigenvalue weighted by molar-refractivity contribution is -0.119. The van der Waals surface area contributed by atoms with Gasteiger partial charge in [0.1, 0.15) is 4.21 Å². The number of sulfonamides is 1. The van der Waals surface area contributed by atoms with E-state index in [-0.39, 0.29) is 18.7 Å². The highest BCUT2D eigenvalue weighted by atomic mass is 32.2. The number of fused-ring (bicyclic) bond motifs is 1. The van der Waals surface area contributed by atoms with Crippen LogP contribution in [0.4, 0.5) is 0 Å². The maximum absolute atomic E-state index is 13.0. The summed E-state index contributed by atoms with van der Waals surface area (Å²) in [6, 6.07) is 9.10. The van der Waals surface area contributed by atoms with Crippen LogP contribution in [0.1, 0.15) is 30.3 Å². The molecule has 1 amide bonds. The summed E-state index contributed by atoms with van der Waals surface area (Å²) in [5.41, 5.74) is 1.12. The van der Waals surface area contributed by atoms with E-state index in [4.69, 9.17) is 9.47 Å². The van der Waals surface area contributed by atoms with Crippen molar-refractivity contribution in [1.82, 2.24) is 14.5 Å². The third-order valence-corrected chi connectivity index (χ3v) is 8.85. The first-order chi connectivity index (χ1) is 14.3. The molecular formula is C20H25N3O5S2. The van der Waals surface area contributed by atoms with E-state index in [1.165, 1.54) is 18.3 Å². The van der Waals surface area contributed by atoms with Gasteiger partial charge in [0.2, 0.25) is 12.7 Å². The summed E-state index contributed by atoms with van der Waals surface area (Å²) in [5.74, 6) is 1.38. The van der Waals surface area contributed by atoms with Gasteiger partial charge in [-0.25, -0.2) is 8.42 Å². The summed E-state index contributed by atoms with van der Waals surface area (Å²) < 4.78 is 38.7. The number of piperazine rings is 1. The highest BCUT2D eigenvalue weighted by molar-refractivity contribution is 7.91. The number of benzene rings is 1. The molecule has 10 heteroatoms. The van der Waals surface area contributed by atoms with Crippen molar-refractivity contribution in [1.29, 1.82) is 0 Å². The van der Waals surface area contributed by atoms with Crippen LogP contribution in [0.5, 0.6) is 11.5 Å². The van der Waals surface area contributed by atoms with Crippen LogP contribution in [0.3, 0.4) is 0 Å². The molecular weight excluding hydrogens is 426 g/mol. The number of thiophene rings is 1. The van der Waals surface area contributed by atoms with Crippen LogP contribution in [0, 0.1) is 0 Å². The number of hydrogen-bond donors (Lipinski definition) is 1. The zero-order valence-corrected chi connectivity index (χ0v) is 18.6. The zero-order chi connectivity index (χ0) is 21.3. The third kappa shape index (κ3) is 4.46. The molecule has 2 aromatic rings. The lowest BCUT2D eigenvalue weighted by atomic mass is 10.2. The molecule has 4 rings (SSSR count). The summed E-state index contributed by atoms with van der Waals surface area (Å²) in [6.07, 6.45) is 0. The van der Waals surface area contributed by atoms with Crippen molar-refractivity contribution in [2.24, 2.45) is 0 Å². The van der Waals surface area contributed by atoms with Gasteiger partial charge in [0.25, 0.3) is 10.0 Å². The lowest BCUT2D eigenvalue weighted by Gasteiger charge is -2.33. The number of carbonyl (C=O) groups is 1. The number of nitrogens with zero attached hydrogens (tertiary/aromatic N) is 2. The van der Waals surface area contributed by atoms with E-state index >= 15 is 0 Å². The van der Waals surface area contributed by atoms with Gasteiger partial charge in [0.05, 0.1) is 6.04 Å². The number of ether oxygens (including phenoxy) is 2. The number of amides is 1. The number of rotatable bonds is 6. The molecule has 8 nitrogen and oxygen atoms in total. The molecule has 3 heterocycles. The molecule has 0 saturated carbocycles. The fourth-order valence-corrected chi connectivity index (χ4v) is 6.54. The van der Waals surface area contributed by atoms with E-state index in [0.29, 0.717) is 30.4 Å². The third-order valence-electron chi connectivity index (χ3n) is 5.22. The highest BCUT2D eigenvalue weighted by Gasteiger charge is 2.30. The van der Waals surface area contributed by atoms with Gasteiger partial charge in [-0.05, 0) is 36.8 Å². The van der Waals surface area contributed by atoms with Crippen molar-refractivity contribution in [3.63, 3.8) is 0 Å². The van der Waals surface area contributed by atoms with Crippen LogP contribution >= 0.6 is 11.3 Å². The second-order valence-corrected chi connectivity index (χ2v) is 10.7. The van der Waals surface area contributed by atoms with Gasteiger partial charge in [-0.1, -0.05) is 6.07 Å². The highest BCUT2D eigenvalue weighted by Crippen LogP contribution is 2.33. The van der Waals surface area contributed by atoms with Gasteiger partial charge in [0, 0.05) is 44.5 Å². The van der Waals surface area contributed by atoms with E-state index in [9.17, 15) is 13.2 Å². The normalized spacial score (nSPS) is 18.3. The monoisotopic (exact) mass is 451 g/mol. The number of hydrogen-bond acceptors (Lipinski definition) is 7. The van der Waals surface area contributed by atoms with E-state index in [1.807, 2.05) is 25.1 Å². The fourth-order valence-electron chi connectivity index (χ4n) is 3.63. The van der Waals surface area contributed by atoms with Crippen molar-refractivity contribution in [3.8, 4) is 11.5 Å². The molecule has 2 aliphatic heterocycles. The molecule has 1 atom stereocenters. The first kappa shape index (κ1) is 21.1. The van der Waals surface area contributed by atoms with Gasteiger partial charge >= 0.3 is 0 Å². The Kier molecular flexibility index (Phi) is 6.01. The first-order valence-electron chi connectivity index (χ1n) is 9.81. The molecule has 1 fully saturated rings. The number of nitrogens with one attached hydrogen (secondary N) is 1. The molecule has 1 unspecified atom stereocenters. The molecule has 0 bridgehead atoms. The summed E-state index contributed by atoms with van der Waals surface area (Å²) in [4.78, 5) is 14.3. The molecule has 30 heavy (non-hydrogen) atoms. The van der Waals surface area contributed by atoms with E-state index in [0.717, 1.165) is 28.5 Å². The Bertz CT molecular complexity index is 1030. The predicted molar refractivity (Wildman–Crippen MR) is 113 cm³/mol. The molecule has 0 aliphatic carbocycles. The second-order valence-electron chi connectivity index (χ2n) is 7.45. The molecule has 0 spiro atoms. The van der Waals surface area contributed by atoms with Crippen LogP contribution in [0.15, 0.2) is 34.5 Å². The van der Waals surface area contributed by atoms with Crippen LogP contribution in [-0.4, -0.2) is 56.5 Å². The molecule has 2 aliphatic rings. The summed E-state index contributed by atoms with van der Waals surface area (Å²) in [6.45, 7) is 6.50. The van der Waals surface area contributed by atoms with Gasteiger partial charge in [-0.3, -0.25) is 9.69 Å². The van der Waals surface area contributed by atoms with Gasteiger partial charge in [-0.2, -0.15) is 4.31 Å². The van der Waals surface area contributed by atoms with Gasteiger partial charge < -0.3 is 14.8 Å². The van der Waals surface area contributed by atoms with Crippen molar-refractivity contribution < 1.29 is 22.7 Å². The molecule has 1 saturated heterocycles. The van der Waals surface area contributed by atoms with Gasteiger partial charge in [0.15, 0.2) is 11.5 Å². The average Bonchev–Trinajstić information content (AvgIpc) is 3.37. The molecule has 1 N–H and O–H groups in total. The smallest absolute Gasteiger partial charge is 0.252 e. The Morgan fingerprint density at radius 3 is 2.60 bits per heavy atom. The fraction of sp³-hybridized carbons (Fsp3) is 0.450. The van der Waals surface area contributed by atoms with Crippen molar-refractivity contribution in [2.75, 3.05) is 33.0 Å². The Morgan fingerprint density at radius 2 is 1.87 bits per heavy atom. The van der Waals surface area contributed by atoms with Crippen LogP contribution in [-0.2, 0) is 21.4 Å². The SMILES string of the molecule is CC(=O)NC(C)c1ccc(S(=O)(=O)N2CCN(Cc3ccc4c(c3)OCO4)CC2)s1. The Morgan fingerprint density at radius 1 is 1.13 bits per heavy atom. The standard InChI is InChI=1S/C20H25N3O5S2/c1-14(21-15(2)24)19-5-6-20(29-19)30(25,26)23-9-7-22(8-10-23)12-16-3-4-17-18(11-16)28-13-27-17/h3-6,11,14H,7-10,12-13H2,1-2H3,(H,21,24). The Hall–Kier alpha value is -2.14. The molecule has 1 aromatic carbocycles. The van der Waals surface area contributed by atoms with Crippen molar-refractivity contribution in [3.05, 3.63) is 40.8 Å². The minimum atomic E-state index is -3.53. The minimum Gasteiger partial charge on any atom is -0.454 e. The average molecular weight is 452 g/mol.